The molecule has 0 aromatic carbocycles. The number of esters is 3. The molecule has 0 N–H and O–H groups in total. The smallest absolute Gasteiger partial charge is 0.306 e. The fourth-order valence-corrected chi connectivity index (χ4v) is 10.2. The summed E-state index contributed by atoms with van der Waals surface area (Å²) < 4.78 is 16.8. The molecule has 0 heterocycles. The van der Waals surface area contributed by atoms with Crippen LogP contribution in [-0.2, 0) is 28.6 Å². The molecule has 0 aliphatic heterocycles. The molecule has 0 radical (unpaired) electrons. The van der Waals surface area contributed by atoms with E-state index in [0.29, 0.717) is 19.3 Å². The zero-order valence-electron chi connectivity index (χ0n) is 51.7. The Labute approximate surface area is 479 Å². The Morgan fingerprint density at radius 1 is 0.260 bits per heavy atom. The van der Waals surface area contributed by atoms with Crippen molar-refractivity contribution in [1.29, 1.82) is 0 Å². The number of carbonyl (C=O) groups is 3. The molecule has 77 heavy (non-hydrogen) atoms. The van der Waals surface area contributed by atoms with E-state index >= 15 is 0 Å². The Balaban J connectivity index is 3.88. The van der Waals surface area contributed by atoms with Crippen molar-refractivity contribution >= 4 is 17.9 Å². The monoisotopic (exact) mass is 1080 g/mol. The van der Waals surface area contributed by atoms with Crippen LogP contribution in [0.25, 0.3) is 0 Å². The van der Waals surface area contributed by atoms with Gasteiger partial charge in [0.2, 0.25) is 0 Å². The summed E-state index contributed by atoms with van der Waals surface area (Å²) in [6.07, 6.45) is 83.4. The van der Waals surface area contributed by atoms with E-state index in [1.807, 2.05) is 0 Å². The summed E-state index contributed by atoms with van der Waals surface area (Å²) in [5.74, 6) is -0.870. The lowest BCUT2D eigenvalue weighted by atomic mass is 10.0. The molecule has 0 saturated carbocycles. The Morgan fingerprint density at radius 3 is 0.740 bits per heavy atom. The maximum absolute atomic E-state index is 12.8. The van der Waals surface area contributed by atoms with Gasteiger partial charge in [0, 0.05) is 19.3 Å². The predicted molar refractivity (Wildman–Crippen MR) is 335 cm³/mol. The highest BCUT2D eigenvalue weighted by Crippen LogP contribution is 2.18. The van der Waals surface area contributed by atoms with E-state index in [9.17, 15) is 14.4 Å². The van der Waals surface area contributed by atoms with Crippen LogP contribution in [0.15, 0.2) is 48.6 Å². The summed E-state index contributed by atoms with van der Waals surface area (Å²) in [5.41, 5.74) is 0. The van der Waals surface area contributed by atoms with Crippen LogP contribution in [0.2, 0.25) is 0 Å². The van der Waals surface area contributed by atoms with Gasteiger partial charge in [0.15, 0.2) is 6.10 Å². The highest BCUT2D eigenvalue weighted by atomic mass is 16.6. The third-order valence-corrected chi connectivity index (χ3v) is 15.3. The molecule has 0 aliphatic carbocycles. The second-order valence-electron chi connectivity index (χ2n) is 23.1. The van der Waals surface area contributed by atoms with Crippen LogP contribution >= 0.6 is 0 Å². The summed E-state index contributed by atoms with van der Waals surface area (Å²) in [7, 11) is 0. The van der Waals surface area contributed by atoms with Crippen molar-refractivity contribution in [3.05, 3.63) is 48.6 Å². The van der Waals surface area contributed by atoms with E-state index in [-0.39, 0.29) is 31.1 Å². The predicted octanol–water partition coefficient (Wildman–Crippen LogP) is 23.3. The van der Waals surface area contributed by atoms with Crippen LogP contribution in [0.3, 0.4) is 0 Å². The van der Waals surface area contributed by atoms with Gasteiger partial charge < -0.3 is 14.2 Å². The largest absolute Gasteiger partial charge is 0.462 e. The minimum Gasteiger partial charge on any atom is -0.462 e. The molecule has 6 heteroatoms. The maximum atomic E-state index is 12.8. The lowest BCUT2D eigenvalue weighted by Crippen LogP contribution is -2.30. The first kappa shape index (κ1) is 74.4. The van der Waals surface area contributed by atoms with Crippen LogP contribution in [0.1, 0.15) is 367 Å². The van der Waals surface area contributed by atoms with Crippen molar-refractivity contribution in [2.75, 3.05) is 13.2 Å². The number of rotatable bonds is 63. The minimum absolute atomic E-state index is 0.0707. The van der Waals surface area contributed by atoms with Gasteiger partial charge in [-0.2, -0.15) is 0 Å². The molecule has 0 aromatic rings. The number of carbonyl (C=O) groups excluding carboxylic acids is 3. The van der Waals surface area contributed by atoms with Gasteiger partial charge in [-0.15, -0.1) is 0 Å². The number of allylic oxidation sites excluding steroid dienone is 8. The zero-order chi connectivity index (χ0) is 55.7. The maximum Gasteiger partial charge on any atom is 0.306 e. The molecule has 450 valence electrons. The van der Waals surface area contributed by atoms with Crippen LogP contribution in [0, 0.1) is 0 Å². The molecule has 0 bridgehead atoms. The SMILES string of the molecule is CCCCC/C=C\C/C=C\CCCCCCCCCCCC(=O)OC(COC(=O)CCCCCCC)COC(=O)CCCCCCCCCCCCCCCCCCCCCCCCC/C=C\C/C=C\CCCCCCC. The lowest BCUT2D eigenvalue weighted by molar-refractivity contribution is -0.167. The van der Waals surface area contributed by atoms with E-state index in [2.05, 4.69) is 69.4 Å². The molecular weight excluding hydrogens is 949 g/mol. The summed E-state index contributed by atoms with van der Waals surface area (Å²) >= 11 is 0. The minimum atomic E-state index is -0.769. The van der Waals surface area contributed by atoms with Gasteiger partial charge in [-0.3, -0.25) is 14.4 Å². The molecule has 0 amide bonds. The highest BCUT2D eigenvalue weighted by Gasteiger charge is 2.19. The molecule has 0 fully saturated rings. The molecule has 0 spiro atoms. The Bertz CT molecular complexity index is 1330. The Kier molecular flexibility index (Phi) is 63.6. The van der Waals surface area contributed by atoms with Crippen molar-refractivity contribution in [2.45, 2.75) is 374 Å². The van der Waals surface area contributed by atoms with E-state index in [4.69, 9.17) is 14.2 Å². The normalized spacial score (nSPS) is 12.3. The summed E-state index contributed by atoms with van der Waals surface area (Å²) in [5, 5.41) is 0. The van der Waals surface area contributed by atoms with Crippen molar-refractivity contribution in [1.82, 2.24) is 0 Å². The van der Waals surface area contributed by atoms with E-state index < -0.39 is 6.10 Å². The van der Waals surface area contributed by atoms with Crippen LogP contribution in [0.5, 0.6) is 0 Å². The van der Waals surface area contributed by atoms with Crippen molar-refractivity contribution in [2.24, 2.45) is 0 Å². The topological polar surface area (TPSA) is 78.9 Å². The fraction of sp³-hybridized carbons (Fsp3) is 0.845. The first-order valence-electron chi connectivity index (χ1n) is 34.1. The average Bonchev–Trinajstić information content (AvgIpc) is 3.43. The van der Waals surface area contributed by atoms with Crippen LogP contribution in [0.4, 0.5) is 0 Å². The third-order valence-electron chi connectivity index (χ3n) is 15.3. The molecule has 0 aliphatic rings. The number of unbranched alkanes of at least 4 members (excludes halogenated alkanes) is 44. The molecule has 1 unspecified atom stereocenters. The van der Waals surface area contributed by atoms with Gasteiger partial charge in [-0.05, 0) is 83.5 Å². The van der Waals surface area contributed by atoms with Gasteiger partial charge in [-0.25, -0.2) is 0 Å². The summed E-state index contributed by atoms with van der Waals surface area (Å²) in [4.78, 5) is 37.9. The van der Waals surface area contributed by atoms with Gasteiger partial charge in [0.1, 0.15) is 13.2 Å². The summed E-state index contributed by atoms with van der Waals surface area (Å²) in [6, 6.07) is 0. The quantitative estimate of drug-likeness (QED) is 0.0261. The highest BCUT2D eigenvalue weighted by molar-refractivity contribution is 5.71. The molecule has 0 saturated heterocycles. The zero-order valence-corrected chi connectivity index (χ0v) is 51.7. The Morgan fingerprint density at radius 2 is 0.468 bits per heavy atom. The number of hydrogen-bond donors (Lipinski definition) is 0. The molecule has 0 rings (SSSR count). The molecule has 6 nitrogen and oxygen atoms in total. The van der Waals surface area contributed by atoms with Crippen LogP contribution in [-0.4, -0.2) is 37.2 Å². The van der Waals surface area contributed by atoms with Crippen molar-refractivity contribution < 1.29 is 28.6 Å². The van der Waals surface area contributed by atoms with Gasteiger partial charge in [0.25, 0.3) is 0 Å². The van der Waals surface area contributed by atoms with E-state index in [1.165, 1.54) is 250 Å². The number of hydrogen-bond acceptors (Lipinski definition) is 6. The van der Waals surface area contributed by atoms with E-state index in [0.717, 1.165) is 77.0 Å². The Hall–Kier alpha value is -2.63. The van der Waals surface area contributed by atoms with Gasteiger partial charge in [0.05, 0.1) is 0 Å². The number of ether oxygens (including phenoxy) is 3. The molecule has 1 atom stereocenters. The van der Waals surface area contributed by atoms with Crippen LogP contribution < -0.4 is 0 Å². The second-order valence-corrected chi connectivity index (χ2v) is 23.1. The lowest BCUT2D eigenvalue weighted by Gasteiger charge is -2.18. The van der Waals surface area contributed by atoms with Crippen molar-refractivity contribution in [3.63, 3.8) is 0 Å². The summed E-state index contributed by atoms with van der Waals surface area (Å²) in [6.45, 7) is 6.57. The van der Waals surface area contributed by atoms with Gasteiger partial charge in [-0.1, -0.05) is 313 Å². The third kappa shape index (κ3) is 64.1. The average molecular weight is 1080 g/mol. The molecule has 0 aromatic heterocycles. The second kappa shape index (κ2) is 65.9. The molecular formula is C71H130O6. The van der Waals surface area contributed by atoms with Crippen molar-refractivity contribution in [3.8, 4) is 0 Å². The first-order valence-corrected chi connectivity index (χ1v) is 34.1. The first-order chi connectivity index (χ1) is 38.0. The fourth-order valence-electron chi connectivity index (χ4n) is 10.2. The van der Waals surface area contributed by atoms with Gasteiger partial charge >= 0.3 is 17.9 Å². The van der Waals surface area contributed by atoms with E-state index in [1.54, 1.807) is 0 Å². The standard InChI is InChI=1S/C71H130O6/c1-4-7-10-13-15-17-19-21-23-25-27-28-29-30-31-32-33-34-35-36-37-38-39-40-41-42-44-45-47-49-51-53-55-58-61-64-70(73)76-67-68(66-75-69(72)63-60-57-12-9-6-3)77-71(74)65-62-59-56-54-52-50-48-46-43-26-24-22-20-18-16-14-11-8-5-2/h16,18-19,21-22,24-25,27,68H,4-15,17,20,23,26,28-67H2,1-3H3/b18-16-,21-19-,24-22-,27-25-.